The van der Waals surface area contributed by atoms with E-state index in [0.717, 1.165) is 17.7 Å². The van der Waals surface area contributed by atoms with Gasteiger partial charge in [-0.2, -0.15) is 0 Å². The Bertz CT molecular complexity index is 876. The van der Waals surface area contributed by atoms with Gasteiger partial charge < -0.3 is 9.30 Å². The Labute approximate surface area is 135 Å². The maximum atomic E-state index is 12.7. The minimum Gasteiger partial charge on any atom is -0.497 e. The lowest BCUT2D eigenvalue weighted by Crippen LogP contribution is -2.03. The molecule has 3 heteroatoms. The molecule has 2 atom stereocenters. The number of hydrogen-bond acceptors (Lipinski definition) is 2. The summed E-state index contributed by atoms with van der Waals surface area (Å²) in [5.74, 6) is 1.47. The molecule has 1 aliphatic carbocycles. The molecule has 0 bridgehead atoms. The number of ether oxygens (including phenoxy) is 1. The molecule has 116 valence electrons. The van der Waals surface area contributed by atoms with Gasteiger partial charge in [0.15, 0.2) is 5.78 Å². The molecule has 2 aromatic carbocycles. The zero-order chi connectivity index (χ0) is 16.0. The van der Waals surface area contributed by atoms with E-state index < -0.39 is 0 Å². The summed E-state index contributed by atoms with van der Waals surface area (Å²) in [7, 11) is 3.70. The number of benzene rings is 2. The van der Waals surface area contributed by atoms with E-state index in [1.165, 1.54) is 16.5 Å². The maximum absolute atomic E-state index is 12.7. The predicted octanol–water partition coefficient (Wildman–Crippen LogP) is 4.17. The largest absolute Gasteiger partial charge is 0.497 e. The summed E-state index contributed by atoms with van der Waals surface area (Å²) in [6, 6.07) is 15.8. The lowest BCUT2D eigenvalue weighted by atomic mass is 10.0. The Morgan fingerprint density at radius 2 is 1.87 bits per heavy atom. The highest BCUT2D eigenvalue weighted by Crippen LogP contribution is 2.51. The molecule has 0 spiro atoms. The number of carbonyl (C=O) groups excluding carboxylic acids is 1. The first kappa shape index (κ1) is 14.1. The molecule has 1 heterocycles. The molecule has 0 N–H and O–H groups in total. The van der Waals surface area contributed by atoms with Crippen molar-refractivity contribution in [2.45, 2.75) is 12.3 Å². The zero-order valence-corrected chi connectivity index (χ0v) is 13.3. The van der Waals surface area contributed by atoms with Crippen LogP contribution in [0.5, 0.6) is 5.75 Å². The van der Waals surface area contributed by atoms with E-state index in [2.05, 4.69) is 42.1 Å². The van der Waals surface area contributed by atoms with Crippen molar-refractivity contribution in [2.75, 3.05) is 7.11 Å². The second-order valence-corrected chi connectivity index (χ2v) is 6.25. The monoisotopic (exact) mass is 305 g/mol. The van der Waals surface area contributed by atoms with Crippen LogP contribution in [0.3, 0.4) is 0 Å². The zero-order valence-electron chi connectivity index (χ0n) is 13.3. The normalized spacial score (nSPS) is 19.7. The van der Waals surface area contributed by atoms with Gasteiger partial charge in [-0.05, 0) is 48.2 Å². The number of aryl methyl sites for hydroxylation is 1. The molecular formula is C20H19NO2. The lowest BCUT2D eigenvalue weighted by molar-refractivity contribution is 0.0965. The van der Waals surface area contributed by atoms with Gasteiger partial charge in [0.05, 0.1) is 7.11 Å². The summed E-state index contributed by atoms with van der Waals surface area (Å²) in [4.78, 5) is 12.7. The third kappa shape index (κ3) is 2.33. The number of para-hydroxylation sites is 1. The third-order valence-electron chi connectivity index (χ3n) is 4.83. The summed E-state index contributed by atoms with van der Waals surface area (Å²) < 4.78 is 7.30. The van der Waals surface area contributed by atoms with Crippen molar-refractivity contribution < 1.29 is 9.53 Å². The van der Waals surface area contributed by atoms with Crippen LogP contribution in [0.4, 0.5) is 0 Å². The summed E-state index contributed by atoms with van der Waals surface area (Å²) >= 11 is 0. The number of nitrogens with zero attached hydrogens (tertiary/aromatic N) is 1. The van der Waals surface area contributed by atoms with E-state index in [4.69, 9.17) is 4.74 Å². The second kappa shape index (κ2) is 5.27. The summed E-state index contributed by atoms with van der Waals surface area (Å²) in [5, 5.41) is 1.27. The van der Waals surface area contributed by atoms with Crippen LogP contribution in [-0.2, 0) is 7.05 Å². The quantitative estimate of drug-likeness (QED) is 0.677. The van der Waals surface area contributed by atoms with Crippen molar-refractivity contribution in [2.24, 2.45) is 13.0 Å². The number of aromatic nitrogens is 1. The van der Waals surface area contributed by atoms with Gasteiger partial charge in [0.1, 0.15) is 5.75 Å². The summed E-state index contributed by atoms with van der Waals surface area (Å²) in [6.07, 6.45) is 3.12. The van der Waals surface area contributed by atoms with Gasteiger partial charge in [-0.15, -0.1) is 0 Å². The number of ketones is 1. The molecule has 0 unspecified atom stereocenters. The van der Waals surface area contributed by atoms with Crippen LogP contribution in [0.15, 0.2) is 54.7 Å². The molecule has 1 aromatic heterocycles. The van der Waals surface area contributed by atoms with Crippen LogP contribution in [0, 0.1) is 5.92 Å². The molecule has 0 radical (unpaired) electrons. The smallest absolute Gasteiger partial charge is 0.166 e. The number of fused-ring (bicyclic) bond motifs is 1. The number of carbonyl (C=O) groups is 1. The topological polar surface area (TPSA) is 31.2 Å². The van der Waals surface area contributed by atoms with E-state index in [0.29, 0.717) is 5.92 Å². The van der Waals surface area contributed by atoms with Crippen molar-refractivity contribution in [3.8, 4) is 5.75 Å². The van der Waals surface area contributed by atoms with E-state index in [1.54, 1.807) is 7.11 Å². The van der Waals surface area contributed by atoms with Gasteiger partial charge in [0.2, 0.25) is 0 Å². The minimum atomic E-state index is 0.106. The Hall–Kier alpha value is -2.55. The molecule has 1 aliphatic rings. The van der Waals surface area contributed by atoms with E-state index in [1.807, 2.05) is 24.3 Å². The highest BCUT2D eigenvalue weighted by atomic mass is 16.5. The average Bonchev–Trinajstić information content (AvgIpc) is 3.33. The van der Waals surface area contributed by atoms with Crippen molar-refractivity contribution in [3.05, 3.63) is 65.9 Å². The van der Waals surface area contributed by atoms with Crippen molar-refractivity contribution >= 4 is 16.7 Å². The van der Waals surface area contributed by atoms with E-state index in [-0.39, 0.29) is 11.7 Å². The first-order valence-electron chi connectivity index (χ1n) is 7.91. The van der Waals surface area contributed by atoms with Gasteiger partial charge in [0, 0.05) is 35.6 Å². The first-order valence-corrected chi connectivity index (χ1v) is 7.91. The van der Waals surface area contributed by atoms with Gasteiger partial charge >= 0.3 is 0 Å². The molecule has 3 aromatic rings. The van der Waals surface area contributed by atoms with Crippen molar-refractivity contribution in [1.82, 2.24) is 4.57 Å². The summed E-state index contributed by atoms with van der Waals surface area (Å²) in [6.45, 7) is 0. The number of hydrogen-bond donors (Lipinski definition) is 0. The molecule has 1 saturated carbocycles. The Morgan fingerprint density at radius 1 is 1.13 bits per heavy atom. The molecule has 23 heavy (non-hydrogen) atoms. The number of Topliss-reactive ketones (excluding diaryl/α,β-unsaturated/α-hetero) is 1. The Morgan fingerprint density at radius 3 is 2.61 bits per heavy atom. The minimum absolute atomic E-state index is 0.106. The molecule has 0 aliphatic heterocycles. The lowest BCUT2D eigenvalue weighted by Gasteiger charge is -2.03. The Kier molecular flexibility index (Phi) is 3.22. The van der Waals surface area contributed by atoms with Gasteiger partial charge in [-0.3, -0.25) is 4.79 Å². The van der Waals surface area contributed by atoms with Crippen molar-refractivity contribution in [3.63, 3.8) is 0 Å². The second-order valence-electron chi connectivity index (χ2n) is 6.25. The molecule has 4 rings (SSSR count). The average molecular weight is 305 g/mol. The Balaban J connectivity index is 1.60. The van der Waals surface area contributed by atoms with Gasteiger partial charge in [-0.1, -0.05) is 18.2 Å². The van der Waals surface area contributed by atoms with Crippen LogP contribution >= 0.6 is 0 Å². The van der Waals surface area contributed by atoms with Gasteiger partial charge in [-0.25, -0.2) is 0 Å². The van der Waals surface area contributed by atoms with Crippen LogP contribution < -0.4 is 4.74 Å². The summed E-state index contributed by atoms with van der Waals surface area (Å²) in [5.41, 5.74) is 3.30. The highest BCUT2D eigenvalue weighted by Gasteiger charge is 2.45. The highest BCUT2D eigenvalue weighted by molar-refractivity contribution is 6.01. The standard InChI is InChI=1S/C20H19NO2/c1-21-12-18(15-5-3-4-6-19(15)21)16-11-17(16)20(22)13-7-9-14(23-2)10-8-13/h3-10,12,16-17H,11H2,1-2H3/t16-,17-/m0/s1. The fourth-order valence-corrected chi connectivity index (χ4v) is 3.47. The van der Waals surface area contributed by atoms with Crippen molar-refractivity contribution in [1.29, 1.82) is 0 Å². The third-order valence-corrected chi connectivity index (χ3v) is 4.83. The van der Waals surface area contributed by atoms with Gasteiger partial charge in [0.25, 0.3) is 0 Å². The number of methoxy groups -OCH3 is 1. The number of rotatable bonds is 4. The molecular weight excluding hydrogens is 286 g/mol. The van der Waals surface area contributed by atoms with Crippen LogP contribution in [0.1, 0.15) is 28.3 Å². The molecule has 0 amide bonds. The van der Waals surface area contributed by atoms with Crippen LogP contribution in [0.25, 0.3) is 10.9 Å². The SMILES string of the molecule is COc1ccc(C(=O)[C@H]2C[C@@H]2c2cn(C)c3ccccc23)cc1. The van der Waals surface area contributed by atoms with E-state index >= 15 is 0 Å². The molecule has 3 nitrogen and oxygen atoms in total. The fraction of sp³-hybridized carbons (Fsp3) is 0.250. The van der Waals surface area contributed by atoms with E-state index in [9.17, 15) is 4.79 Å². The predicted molar refractivity (Wildman–Crippen MR) is 91.1 cm³/mol. The molecule has 0 saturated heterocycles. The van der Waals surface area contributed by atoms with Crippen LogP contribution in [-0.4, -0.2) is 17.5 Å². The fourth-order valence-electron chi connectivity index (χ4n) is 3.47. The first-order chi connectivity index (χ1) is 11.2. The van der Waals surface area contributed by atoms with Crippen LogP contribution in [0.2, 0.25) is 0 Å². The maximum Gasteiger partial charge on any atom is 0.166 e. The molecule has 1 fully saturated rings.